The van der Waals surface area contributed by atoms with Crippen LogP contribution in [0.5, 0.6) is 0 Å². The van der Waals surface area contributed by atoms with Crippen LogP contribution in [0.25, 0.3) is 10.9 Å². The highest BCUT2D eigenvalue weighted by molar-refractivity contribution is 5.98. The first kappa shape index (κ1) is 21.3. The van der Waals surface area contributed by atoms with E-state index >= 15 is 0 Å². The first-order chi connectivity index (χ1) is 16.0. The van der Waals surface area contributed by atoms with Crippen LogP contribution in [0.1, 0.15) is 39.1 Å². The minimum atomic E-state index is -0.596. The molecular formula is C26H23F2N3O2. The van der Waals surface area contributed by atoms with E-state index < -0.39 is 17.7 Å². The van der Waals surface area contributed by atoms with Crippen LogP contribution in [-0.2, 0) is 11.2 Å². The van der Waals surface area contributed by atoms with Gasteiger partial charge in [0.1, 0.15) is 23.4 Å². The molecule has 5 nitrogen and oxygen atoms in total. The summed E-state index contributed by atoms with van der Waals surface area (Å²) in [6.45, 7) is 3.21. The van der Waals surface area contributed by atoms with Crippen LogP contribution in [0, 0.1) is 18.6 Å². The number of halogens is 2. The first-order valence-corrected chi connectivity index (χ1v) is 10.9. The van der Waals surface area contributed by atoms with Crippen LogP contribution >= 0.6 is 0 Å². The number of benzene rings is 2. The molecule has 0 saturated carbocycles. The van der Waals surface area contributed by atoms with Gasteiger partial charge >= 0.3 is 0 Å². The van der Waals surface area contributed by atoms with Gasteiger partial charge in [0.15, 0.2) is 0 Å². The number of rotatable bonds is 4. The van der Waals surface area contributed by atoms with Crippen molar-refractivity contribution < 1.29 is 18.3 Å². The zero-order chi connectivity index (χ0) is 22.9. The number of pyridine rings is 1. The van der Waals surface area contributed by atoms with Crippen LogP contribution in [-0.4, -0.2) is 40.5 Å². The average Bonchev–Trinajstić information content (AvgIpc) is 3.27. The number of amides is 1. The highest BCUT2D eigenvalue weighted by Crippen LogP contribution is 2.25. The van der Waals surface area contributed by atoms with Gasteiger partial charge in [0.25, 0.3) is 5.91 Å². The summed E-state index contributed by atoms with van der Waals surface area (Å²) in [5, 5.41) is 1.03. The second-order valence-electron chi connectivity index (χ2n) is 8.26. The van der Waals surface area contributed by atoms with E-state index in [1.54, 1.807) is 17.0 Å². The minimum Gasteiger partial charge on any atom is -0.368 e. The second-order valence-corrected chi connectivity index (χ2v) is 8.26. The van der Waals surface area contributed by atoms with Gasteiger partial charge in [0.2, 0.25) is 0 Å². The summed E-state index contributed by atoms with van der Waals surface area (Å²) in [7, 11) is 0. The van der Waals surface area contributed by atoms with E-state index in [1.165, 1.54) is 18.2 Å². The third-order valence-corrected chi connectivity index (χ3v) is 6.04. The molecule has 0 unspecified atom stereocenters. The molecule has 2 aromatic carbocycles. The lowest BCUT2D eigenvalue weighted by atomic mass is 10.1. The summed E-state index contributed by atoms with van der Waals surface area (Å²) in [5.41, 5.74) is 3.73. The van der Waals surface area contributed by atoms with E-state index in [-0.39, 0.29) is 17.9 Å². The van der Waals surface area contributed by atoms with Crippen molar-refractivity contribution in [3.63, 3.8) is 0 Å². The van der Waals surface area contributed by atoms with Crippen molar-refractivity contribution in [3.05, 3.63) is 101 Å². The number of carbonyl (C=O) groups excluding carboxylic acids is 1. The molecule has 3 heterocycles. The highest BCUT2D eigenvalue weighted by atomic mass is 19.1. The average molecular weight is 447 g/mol. The Morgan fingerprint density at radius 2 is 1.88 bits per heavy atom. The first-order valence-electron chi connectivity index (χ1n) is 10.9. The van der Waals surface area contributed by atoms with E-state index in [0.717, 1.165) is 16.5 Å². The van der Waals surface area contributed by atoms with Gasteiger partial charge in [-0.25, -0.2) is 8.78 Å². The number of morpholine rings is 1. The number of nitrogens with zero attached hydrogens (tertiary/aromatic N) is 2. The molecule has 5 rings (SSSR count). The lowest BCUT2D eigenvalue weighted by molar-refractivity contribution is -0.0249. The lowest BCUT2D eigenvalue weighted by Crippen LogP contribution is -2.42. The fraction of sp³-hybridized carbons (Fsp3) is 0.231. The molecule has 33 heavy (non-hydrogen) atoms. The molecule has 0 bridgehead atoms. The van der Waals surface area contributed by atoms with E-state index in [0.29, 0.717) is 36.8 Å². The number of aromatic amines is 1. The van der Waals surface area contributed by atoms with Gasteiger partial charge in [0.05, 0.1) is 18.8 Å². The molecule has 0 radical (unpaired) electrons. The number of nitrogens with one attached hydrogen (secondary N) is 1. The molecule has 1 N–H and O–H groups in total. The summed E-state index contributed by atoms with van der Waals surface area (Å²) < 4.78 is 34.0. The maximum atomic E-state index is 14.1. The molecule has 1 aliphatic rings. The standard InChI is InChI=1S/C26H23F2N3O2/c1-16-5-2-9-22-18(16)14-24(30-22)26(32)31-11-12-33-25(15-31)23-10-3-6-17(29-23)13-19-20(27)7-4-8-21(19)28/h2-10,14,25,30H,11-13,15H2,1H3/t25-/m0/s1. The Balaban J connectivity index is 1.35. The molecule has 1 amide bonds. The number of aromatic nitrogens is 2. The molecule has 1 aliphatic heterocycles. The van der Waals surface area contributed by atoms with Crippen molar-refractivity contribution in [2.45, 2.75) is 19.4 Å². The normalized spacial score (nSPS) is 16.3. The monoisotopic (exact) mass is 447 g/mol. The smallest absolute Gasteiger partial charge is 0.270 e. The van der Waals surface area contributed by atoms with Crippen molar-refractivity contribution in [1.82, 2.24) is 14.9 Å². The summed E-state index contributed by atoms with van der Waals surface area (Å²) >= 11 is 0. The number of hydrogen-bond acceptors (Lipinski definition) is 3. The van der Waals surface area contributed by atoms with Crippen molar-refractivity contribution >= 4 is 16.8 Å². The Hall–Kier alpha value is -3.58. The third kappa shape index (κ3) is 4.24. The minimum absolute atomic E-state index is 0.0161. The molecular weight excluding hydrogens is 424 g/mol. The maximum absolute atomic E-state index is 14.1. The largest absolute Gasteiger partial charge is 0.368 e. The van der Waals surface area contributed by atoms with Gasteiger partial charge < -0.3 is 14.6 Å². The summed E-state index contributed by atoms with van der Waals surface area (Å²) in [6, 6.07) is 17.0. The summed E-state index contributed by atoms with van der Waals surface area (Å²) in [4.78, 5) is 22.7. The third-order valence-electron chi connectivity index (χ3n) is 6.04. The summed E-state index contributed by atoms with van der Waals surface area (Å²) in [5.74, 6) is -1.29. The molecule has 168 valence electrons. The molecule has 1 atom stereocenters. The zero-order valence-corrected chi connectivity index (χ0v) is 18.1. The molecule has 2 aromatic heterocycles. The lowest BCUT2D eigenvalue weighted by Gasteiger charge is -2.32. The van der Waals surface area contributed by atoms with E-state index in [9.17, 15) is 13.6 Å². The molecule has 7 heteroatoms. The van der Waals surface area contributed by atoms with Crippen molar-refractivity contribution in [1.29, 1.82) is 0 Å². The van der Waals surface area contributed by atoms with Crippen molar-refractivity contribution in [2.75, 3.05) is 19.7 Å². The Morgan fingerprint density at radius 3 is 2.67 bits per heavy atom. The predicted molar refractivity (Wildman–Crippen MR) is 121 cm³/mol. The Kier molecular flexibility index (Phi) is 5.64. The van der Waals surface area contributed by atoms with E-state index in [4.69, 9.17) is 4.74 Å². The molecule has 1 fully saturated rings. The van der Waals surface area contributed by atoms with Gasteiger partial charge in [-0.15, -0.1) is 0 Å². The fourth-order valence-corrected chi connectivity index (χ4v) is 4.26. The molecule has 0 spiro atoms. The Bertz CT molecular complexity index is 1310. The number of hydrogen-bond donors (Lipinski definition) is 1. The number of fused-ring (bicyclic) bond motifs is 1. The van der Waals surface area contributed by atoms with Crippen LogP contribution in [0.4, 0.5) is 8.78 Å². The van der Waals surface area contributed by atoms with Gasteiger partial charge in [-0.2, -0.15) is 0 Å². The molecule has 0 aliphatic carbocycles. The van der Waals surface area contributed by atoms with Crippen LogP contribution in [0.15, 0.2) is 60.7 Å². The van der Waals surface area contributed by atoms with Crippen molar-refractivity contribution in [3.8, 4) is 0 Å². The van der Waals surface area contributed by atoms with Crippen LogP contribution in [0.3, 0.4) is 0 Å². The second kappa shape index (κ2) is 8.75. The molecule has 1 saturated heterocycles. The quantitative estimate of drug-likeness (QED) is 0.481. The van der Waals surface area contributed by atoms with Gasteiger partial charge in [-0.05, 0) is 48.9 Å². The van der Waals surface area contributed by atoms with Gasteiger partial charge in [-0.1, -0.05) is 24.3 Å². The predicted octanol–water partition coefficient (Wildman–Crippen LogP) is 4.95. The zero-order valence-electron chi connectivity index (χ0n) is 18.1. The molecule has 4 aromatic rings. The van der Waals surface area contributed by atoms with Crippen LogP contribution < -0.4 is 0 Å². The fourth-order valence-electron chi connectivity index (χ4n) is 4.26. The highest BCUT2D eigenvalue weighted by Gasteiger charge is 2.28. The van der Waals surface area contributed by atoms with E-state index in [2.05, 4.69) is 9.97 Å². The van der Waals surface area contributed by atoms with E-state index in [1.807, 2.05) is 37.3 Å². The van der Waals surface area contributed by atoms with Gasteiger partial charge in [-0.3, -0.25) is 9.78 Å². The Morgan fingerprint density at radius 1 is 1.12 bits per heavy atom. The summed E-state index contributed by atoms with van der Waals surface area (Å²) in [6.07, 6.45) is -0.380. The Labute approximate surface area is 190 Å². The van der Waals surface area contributed by atoms with Gasteiger partial charge in [0, 0.05) is 35.1 Å². The number of aryl methyl sites for hydroxylation is 1. The number of carbonyl (C=O) groups is 1. The number of ether oxygens (including phenoxy) is 1. The maximum Gasteiger partial charge on any atom is 0.270 e. The topological polar surface area (TPSA) is 58.2 Å². The number of H-pyrrole nitrogens is 1. The van der Waals surface area contributed by atoms with Crippen LogP contribution in [0.2, 0.25) is 0 Å². The van der Waals surface area contributed by atoms with Crippen molar-refractivity contribution in [2.24, 2.45) is 0 Å². The SMILES string of the molecule is Cc1cccc2[nH]c(C(=O)N3CCO[C@H](c4cccc(Cc5c(F)cccc5F)n4)C3)cc12.